The highest BCUT2D eigenvalue weighted by atomic mass is 35.5. The highest BCUT2D eigenvalue weighted by molar-refractivity contribution is 6.16. The Morgan fingerprint density at radius 2 is 2.05 bits per heavy atom. The molecule has 0 N–H and O–H groups in total. The van der Waals surface area contributed by atoms with Gasteiger partial charge in [-0.1, -0.05) is 18.2 Å². The molecule has 2 aromatic rings. The van der Waals surface area contributed by atoms with Crippen LogP contribution in [0.25, 0.3) is 0 Å². The Balaban J connectivity index is 2.16. The second-order valence-electron chi connectivity index (χ2n) is 4.45. The number of rotatable bonds is 5. The summed E-state index contributed by atoms with van der Waals surface area (Å²) in [6.45, 7) is 0.118. The first-order valence-corrected chi connectivity index (χ1v) is 6.69. The molecule has 0 aliphatic rings. The molecule has 1 aromatic heterocycles. The molecule has 1 amide bonds. The number of nitro groups is 1. The fourth-order valence-electron chi connectivity index (χ4n) is 1.90. The smallest absolute Gasteiger partial charge is 0.289 e. The second-order valence-corrected chi connectivity index (χ2v) is 4.71. The molecule has 110 valence electrons. The predicted molar refractivity (Wildman–Crippen MR) is 77.2 cm³/mol. The van der Waals surface area contributed by atoms with Crippen LogP contribution in [0.3, 0.4) is 0 Å². The van der Waals surface area contributed by atoms with Crippen molar-refractivity contribution in [2.75, 3.05) is 7.05 Å². The lowest BCUT2D eigenvalue weighted by atomic mass is 10.1. The monoisotopic (exact) mass is 308 g/mol. The van der Waals surface area contributed by atoms with Crippen molar-refractivity contribution in [3.8, 4) is 0 Å². The normalized spacial score (nSPS) is 10.4. The number of halogens is 1. The van der Waals surface area contributed by atoms with Gasteiger partial charge in [0, 0.05) is 18.7 Å². The maximum Gasteiger partial charge on any atom is 0.289 e. The summed E-state index contributed by atoms with van der Waals surface area (Å²) in [6, 6.07) is 9.47. The van der Waals surface area contributed by atoms with Crippen LogP contribution >= 0.6 is 11.6 Å². The van der Waals surface area contributed by atoms with E-state index in [-0.39, 0.29) is 29.8 Å². The summed E-state index contributed by atoms with van der Waals surface area (Å²) in [6.07, 6.45) is 0. The zero-order valence-corrected chi connectivity index (χ0v) is 12.0. The lowest BCUT2D eigenvalue weighted by Gasteiger charge is -2.15. The lowest BCUT2D eigenvalue weighted by molar-refractivity contribution is -0.385. The van der Waals surface area contributed by atoms with Crippen LogP contribution in [0.15, 0.2) is 40.8 Å². The summed E-state index contributed by atoms with van der Waals surface area (Å²) in [5.41, 5.74) is 0.445. The minimum atomic E-state index is -0.466. The zero-order valence-electron chi connectivity index (χ0n) is 11.3. The Morgan fingerprint density at radius 1 is 1.33 bits per heavy atom. The lowest BCUT2D eigenvalue weighted by Crippen LogP contribution is -2.26. The van der Waals surface area contributed by atoms with Crippen LogP contribution in [0.2, 0.25) is 0 Å². The van der Waals surface area contributed by atoms with E-state index in [2.05, 4.69) is 0 Å². The van der Waals surface area contributed by atoms with Crippen molar-refractivity contribution in [1.82, 2.24) is 4.90 Å². The van der Waals surface area contributed by atoms with Gasteiger partial charge >= 0.3 is 0 Å². The molecule has 0 saturated heterocycles. The maximum atomic E-state index is 12.2. The van der Waals surface area contributed by atoms with E-state index in [1.807, 2.05) is 0 Å². The molecule has 1 aromatic carbocycles. The molecule has 21 heavy (non-hydrogen) atoms. The first-order chi connectivity index (χ1) is 10.0. The number of amides is 1. The molecular formula is C14H13ClN2O4. The number of carbonyl (C=O) groups is 1. The van der Waals surface area contributed by atoms with E-state index in [4.69, 9.17) is 16.0 Å². The molecule has 0 saturated carbocycles. The van der Waals surface area contributed by atoms with Crippen molar-refractivity contribution in [3.05, 3.63) is 63.6 Å². The largest absolute Gasteiger partial charge is 0.455 e. The third-order valence-corrected chi connectivity index (χ3v) is 3.21. The fourth-order valence-corrected chi connectivity index (χ4v) is 2.05. The van der Waals surface area contributed by atoms with E-state index in [0.717, 1.165) is 0 Å². The van der Waals surface area contributed by atoms with Crippen LogP contribution < -0.4 is 0 Å². The molecule has 1 heterocycles. The van der Waals surface area contributed by atoms with Gasteiger partial charge in [0.2, 0.25) is 0 Å². The van der Waals surface area contributed by atoms with E-state index in [1.165, 1.54) is 17.0 Å². The van der Waals surface area contributed by atoms with Crippen molar-refractivity contribution in [1.29, 1.82) is 0 Å². The second kappa shape index (κ2) is 6.41. The standard InChI is InChI=1S/C14H13ClN2O4/c1-16(14(18)13-7-6-11(8-15)21-13)9-10-4-2-3-5-12(10)17(19)20/h2-7H,8-9H2,1H3. The Bertz CT molecular complexity index is 668. The molecule has 0 unspecified atom stereocenters. The molecule has 0 spiro atoms. The summed E-state index contributed by atoms with van der Waals surface area (Å²) < 4.78 is 5.27. The van der Waals surface area contributed by atoms with Crippen LogP contribution in [0, 0.1) is 10.1 Å². The van der Waals surface area contributed by atoms with Gasteiger partial charge in [-0.25, -0.2) is 0 Å². The number of alkyl halides is 1. The highest BCUT2D eigenvalue weighted by Crippen LogP contribution is 2.20. The number of furan rings is 1. The first-order valence-electron chi connectivity index (χ1n) is 6.15. The molecule has 6 nitrogen and oxygen atoms in total. The maximum absolute atomic E-state index is 12.2. The molecule has 0 atom stereocenters. The SMILES string of the molecule is CN(Cc1ccccc1[N+](=O)[O-])C(=O)c1ccc(CCl)o1. The third-order valence-electron chi connectivity index (χ3n) is 2.95. The van der Waals surface area contributed by atoms with E-state index >= 15 is 0 Å². The van der Waals surface area contributed by atoms with Gasteiger partial charge in [0.1, 0.15) is 5.76 Å². The predicted octanol–water partition coefficient (Wildman–Crippen LogP) is 3.20. The molecule has 7 heteroatoms. The number of hydrogen-bond acceptors (Lipinski definition) is 4. The average Bonchev–Trinajstić information content (AvgIpc) is 2.95. The van der Waals surface area contributed by atoms with Gasteiger partial charge in [-0.3, -0.25) is 14.9 Å². The number of hydrogen-bond donors (Lipinski definition) is 0. The summed E-state index contributed by atoms with van der Waals surface area (Å²) >= 11 is 5.62. The van der Waals surface area contributed by atoms with Gasteiger partial charge in [0.05, 0.1) is 17.3 Å². The van der Waals surface area contributed by atoms with Crippen LogP contribution in [0.5, 0.6) is 0 Å². The number of carbonyl (C=O) groups excluding carboxylic acids is 1. The van der Waals surface area contributed by atoms with E-state index < -0.39 is 4.92 Å². The minimum Gasteiger partial charge on any atom is -0.455 e. The third kappa shape index (κ3) is 3.41. The highest BCUT2D eigenvalue weighted by Gasteiger charge is 2.20. The van der Waals surface area contributed by atoms with Crippen molar-refractivity contribution >= 4 is 23.2 Å². The van der Waals surface area contributed by atoms with Gasteiger partial charge in [-0.15, -0.1) is 11.6 Å². The molecule has 0 aliphatic carbocycles. The van der Waals surface area contributed by atoms with Gasteiger partial charge in [0.15, 0.2) is 5.76 Å². The summed E-state index contributed by atoms with van der Waals surface area (Å²) in [4.78, 5) is 24.0. The van der Waals surface area contributed by atoms with Crippen LogP contribution in [-0.4, -0.2) is 22.8 Å². The van der Waals surface area contributed by atoms with E-state index in [0.29, 0.717) is 11.3 Å². The zero-order chi connectivity index (χ0) is 15.4. The van der Waals surface area contributed by atoms with Gasteiger partial charge in [-0.2, -0.15) is 0 Å². The quantitative estimate of drug-likeness (QED) is 0.483. The number of nitrogens with zero attached hydrogens (tertiary/aromatic N) is 2. The summed E-state index contributed by atoms with van der Waals surface area (Å²) in [7, 11) is 1.56. The van der Waals surface area contributed by atoms with Crippen molar-refractivity contribution < 1.29 is 14.1 Å². The van der Waals surface area contributed by atoms with Crippen molar-refractivity contribution in [3.63, 3.8) is 0 Å². The Labute approximate surface area is 126 Å². The summed E-state index contributed by atoms with van der Waals surface area (Å²) in [5.74, 6) is 0.483. The Morgan fingerprint density at radius 3 is 2.67 bits per heavy atom. The number of para-hydroxylation sites is 1. The molecular weight excluding hydrogens is 296 g/mol. The van der Waals surface area contributed by atoms with Crippen LogP contribution in [0.1, 0.15) is 21.9 Å². The van der Waals surface area contributed by atoms with E-state index in [1.54, 1.807) is 31.3 Å². The molecule has 2 rings (SSSR count). The molecule has 0 radical (unpaired) electrons. The van der Waals surface area contributed by atoms with Crippen LogP contribution in [0.4, 0.5) is 5.69 Å². The van der Waals surface area contributed by atoms with E-state index in [9.17, 15) is 14.9 Å². The van der Waals surface area contributed by atoms with Crippen LogP contribution in [-0.2, 0) is 12.4 Å². The Hall–Kier alpha value is -2.34. The fraction of sp³-hybridized carbons (Fsp3) is 0.214. The number of nitro benzene ring substituents is 1. The molecule has 0 fully saturated rings. The topological polar surface area (TPSA) is 76.6 Å². The Kier molecular flexibility index (Phi) is 4.59. The first kappa shape index (κ1) is 15.1. The summed E-state index contributed by atoms with van der Waals surface area (Å²) in [5, 5.41) is 11.0. The van der Waals surface area contributed by atoms with Crippen molar-refractivity contribution in [2.24, 2.45) is 0 Å². The number of benzene rings is 1. The average molecular weight is 309 g/mol. The molecule has 0 aliphatic heterocycles. The van der Waals surface area contributed by atoms with Crippen molar-refractivity contribution in [2.45, 2.75) is 12.4 Å². The minimum absolute atomic E-state index is 0.0157. The van der Waals surface area contributed by atoms with Gasteiger partial charge < -0.3 is 9.32 Å². The molecule has 0 bridgehead atoms. The van der Waals surface area contributed by atoms with Gasteiger partial charge in [0.25, 0.3) is 11.6 Å². The van der Waals surface area contributed by atoms with Gasteiger partial charge in [-0.05, 0) is 12.1 Å².